The molecule has 0 spiro atoms. The lowest BCUT2D eigenvalue weighted by atomic mass is 10.0. The van der Waals surface area contributed by atoms with E-state index in [2.05, 4.69) is 16.4 Å². The van der Waals surface area contributed by atoms with Crippen molar-refractivity contribution in [2.24, 2.45) is 11.7 Å². The number of hydrogen-bond donors (Lipinski definition) is 2. The first-order valence-corrected chi connectivity index (χ1v) is 5.39. The number of nitrogens with one attached hydrogen (secondary N) is 1. The lowest BCUT2D eigenvalue weighted by molar-refractivity contribution is -0.119. The Labute approximate surface area is 101 Å². The van der Waals surface area contributed by atoms with Gasteiger partial charge in [-0.15, -0.1) is 0 Å². The van der Waals surface area contributed by atoms with E-state index < -0.39 is 11.9 Å². The van der Waals surface area contributed by atoms with Gasteiger partial charge < -0.3 is 11.1 Å². The molecule has 0 saturated carbocycles. The molecule has 0 aromatic carbocycles. The van der Waals surface area contributed by atoms with Gasteiger partial charge in [0.2, 0.25) is 5.91 Å². The molecular formula is C12H16N4O. The Bertz CT molecular complexity index is 462. The summed E-state index contributed by atoms with van der Waals surface area (Å²) in [4.78, 5) is 15.4. The number of aryl methyl sites for hydroxylation is 1. The third-order valence-electron chi connectivity index (χ3n) is 2.54. The molecule has 0 aliphatic carbocycles. The second-order valence-electron chi connectivity index (χ2n) is 4.23. The Kier molecular flexibility index (Phi) is 4.05. The van der Waals surface area contributed by atoms with Gasteiger partial charge in [0, 0.05) is 6.20 Å². The van der Waals surface area contributed by atoms with E-state index in [1.54, 1.807) is 12.3 Å². The summed E-state index contributed by atoms with van der Waals surface area (Å²) in [6, 6.07) is 3.29. The zero-order chi connectivity index (χ0) is 13.0. The van der Waals surface area contributed by atoms with Crippen LogP contribution in [0.1, 0.15) is 25.0 Å². The SMILES string of the molecule is Cc1ccnc(NC(C(N)=O)C(C)C)c1C#N. The summed E-state index contributed by atoms with van der Waals surface area (Å²) in [7, 11) is 0. The number of amides is 1. The molecule has 1 atom stereocenters. The van der Waals surface area contributed by atoms with Crippen molar-refractivity contribution in [3.05, 3.63) is 23.4 Å². The fraction of sp³-hybridized carbons (Fsp3) is 0.417. The van der Waals surface area contributed by atoms with Crippen molar-refractivity contribution >= 4 is 11.7 Å². The molecule has 1 unspecified atom stereocenters. The Morgan fingerprint density at radius 2 is 2.24 bits per heavy atom. The first-order chi connectivity index (χ1) is 7.97. The van der Waals surface area contributed by atoms with Gasteiger partial charge in [-0.2, -0.15) is 5.26 Å². The predicted molar refractivity (Wildman–Crippen MR) is 65.1 cm³/mol. The molecule has 0 fully saturated rings. The van der Waals surface area contributed by atoms with E-state index in [1.807, 2.05) is 20.8 Å². The van der Waals surface area contributed by atoms with Gasteiger partial charge in [-0.25, -0.2) is 4.98 Å². The topological polar surface area (TPSA) is 91.8 Å². The molecule has 5 nitrogen and oxygen atoms in total. The highest BCUT2D eigenvalue weighted by molar-refractivity contribution is 5.83. The maximum atomic E-state index is 11.3. The molecule has 1 rings (SSSR count). The molecule has 1 aromatic rings. The highest BCUT2D eigenvalue weighted by Crippen LogP contribution is 2.17. The number of anilines is 1. The summed E-state index contributed by atoms with van der Waals surface area (Å²) in [5.74, 6) is -0.0152. The first kappa shape index (κ1) is 13.0. The fourth-order valence-electron chi connectivity index (χ4n) is 1.52. The minimum absolute atomic E-state index is 0.0290. The molecule has 0 radical (unpaired) electrons. The average Bonchev–Trinajstić information content (AvgIpc) is 2.25. The monoisotopic (exact) mass is 232 g/mol. The third kappa shape index (κ3) is 2.94. The van der Waals surface area contributed by atoms with Crippen LogP contribution in [0.25, 0.3) is 0 Å². The van der Waals surface area contributed by atoms with E-state index in [1.165, 1.54) is 0 Å². The van der Waals surface area contributed by atoms with Crippen LogP contribution in [0, 0.1) is 24.2 Å². The van der Waals surface area contributed by atoms with Gasteiger partial charge in [0.05, 0.1) is 5.56 Å². The van der Waals surface area contributed by atoms with Crippen molar-refractivity contribution in [2.45, 2.75) is 26.8 Å². The minimum Gasteiger partial charge on any atom is -0.368 e. The van der Waals surface area contributed by atoms with Gasteiger partial charge >= 0.3 is 0 Å². The number of pyridine rings is 1. The van der Waals surface area contributed by atoms with Crippen LogP contribution in [0.5, 0.6) is 0 Å². The van der Waals surface area contributed by atoms with Crippen molar-refractivity contribution in [1.82, 2.24) is 4.98 Å². The molecule has 90 valence electrons. The van der Waals surface area contributed by atoms with E-state index in [4.69, 9.17) is 11.0 Å². The van der Waals surface area contributed by atoms with Gasteiger partial charge in [-0.1, -0.05) is 13.8 Å². The summed E-state index contributed by atoms with van der Waals surface area (Å²) >= 11 is 0. The molecule has 0 bridgehead atoms. The second kappa shape index (κ2) is 5.30. The summed E-state index contributed by atoms with van der Waals surface area (Å²) in [5, 5.41) is 12.0. The number of aromatic nitrogens is 1. The number of primary amides is 1. The van der Waals surface area contributed by atoms with Crippen LogP contribution in [0.4, 0.5) is 5.82 Å². The second-order valence-corrected chi connectivity index (χ2v) is 4.23. The maximum absolute atomic E-state index is 11.3. The molecule has 0 saturated heterocycles. The largest absolute Gasteiger partial charge is 0.368 e. The van der Waals surface area contributed by atoms with Crippen LogP contribution >= 0.6 is 0 Å². The number of nitriles is 1. The van der Waals surface area contributed by atoms with Crippen LogP contribution in [0.3, 0.4) is 0 Å². The van der Waals surface area contributed by atoms with Crippen LogP contribution < -0.4 is 11.1 Å². The highest BCUT2D eigenvalue weighted by Gasteiger charge is 2.21. The van der Waals surface area contributed by atoms with Crippen LogP contribution in [0.2, 0.25) is 0 Å². The number of rotatable bonds is 4. The summed E-state index contributed by atoms with van der Waals surface area (Å²) in [6.07, 6.45) is 1.59. The number of nitrogens with zero attached hydrogens (tertiary/aromatic N) is 2. The predicted octanol–water partition coefficient (Wildman–Crippen LogP) is 1.18. The van der Waals surface area contributed by atoms with Crippen LogP contribution in [-0.4, -0.2) is 16.9 Å². The minimum atomic E-state index is -0.531. The molecule has 1 aromatic heterocycles. The molecule has 1 heterocycles. The number of hydrogen-bond acceptors (Lipinski definition) is 4. The Morgan fingerprint density at radius 3 is 2.71 bits per heavy atom. The number of carbonyl (C=O) groups is 1. The van der Waals surface area contributed by atoms with Crippen LogP contribution in [-0.2, 0) is 4.79 Å². The van der Waals surface area contributed by atoms with Crippen molar-refractivity contribution in [1.29, 1.82) is 5.26 Å². The van der Waals surface area contributed by atoms with E-state index in [9.17, 15) is 4.79 Å². The lowest BCUT2D eigenvalue weighted by Gasteiger charge is -2.20. The van der Waals surface area contributed by atoms with Crippen molar-refractivity contribution in [3.8, 4) is 6.07 Å². The van der Waals surface area contributed by atoms with Gasteiger partial charge in [0.15, 0.2) is 0 Å². The van der Waals surface area contributed by atoms with Crippen molar-refractivity contribution in [3.63, 3.8) is 0 Å². The van der Waals surface area contributed by atoms with Gasteiger partial charge in [0.1, 0.15) is 17.9 Å². The third-order valence-corrected chi connectivity index (χ3v) is 2.54. The number of nitrogens with two attached hydrogens (primary N) is 1. The Hall–Kier alpha value is -2.09. The lowest BCUT2D eigenvalue weighted by Crippen LogP contribution is -2.40. The van der Waals surface area contributed by atoms with E-state index in [-0.39, 0.29) is 5.92 Å². The van der Waals surface area contributed by atoms with Gasteiger partial charge in [0.25, 0.3) is 0 Å². The molecule has 3 N–H and O–H groups in total. The number of carbonyl (C=O) groups excluding carboxylic acids is 1. The molecular weight excluding hydrogens is 216 g/mol. The van der Waals surface area contributed by atoms with E-state index in [0.717, 1.165) is 5.56 Å². The van der Waals surface area contributed by atoms with Gasteiger partial charge in [-0.3, -0.25) is 4.79 Å². The van der Waals surface area contributed by atoms with Crippen molar-refractivity contribution < 1.29 is 4.79 Å². The summed E-state index contributed by atoms with van der Waals surface area (Å²) < 4.78 is 0. The zero-order valence-corrected chi connectivity index (χ0v) is 10.2. The van der Waals surface area contributed by atoms with Crippen molar-refractivity contribution in [2.75, 3.05) is 5.32 Å². The molecule has 5 heteroatoms. The first-order valence-electron chi connectivity index (χ1n) is 5.39. The van der Waals surface area contributed by atoms with Gasteiger partial charge in [-0.05, 0) is 24.5 Å². The summed E-state index contributed by atoms with van der Waals surface area (Å²) in [6.45, 7) is 5.58. The Balaban J connectivity index is 3.06. The van der Waals surface area contributed by atoms with E-state index >= 15 is 0 Å². The summed E-state index contributed by atoms with van der Waals surface area (Å²) in [5.41, 5.74) is 6.56. The standard InChI is InChI=1S/C12H16N4O/c1-7(2)10(11(14)17)16-12-9(6-13)8(3)4-5-15-12/h4-5,7,10H,1-3H3,(H2,14,17)(H,15,16). The molecule has 0 aliphatic heterocycles. The fourth-order valence-corrected chi connectivity index (χ4v) is 1.52. The zero-order valence-electron chi connectivity index (χ0n) is 10.2. The smallest absolute Gasteiger partial charge is 0.240 e. The maximum Gasteiger partial charge on any atom is 0.240 e. The highest BCUT2D eigenvalue weighted by atomic mass is 16.1. The molecule has 1 amide bonds. The quantitative estimate of drug-likeness (QED) is 0.815. The molecule has 0 aliphatic rings. The normalized spacial score (nSPS) is 11.9. The molecule has 17 heavy (non-hydrogen) atoms. The van der Waals surface area contributed by atoms with Crippen LogP contribution in [0.15, 0.2) is 12.3 Å². The average molecular weight is 232 g/mol. The Morgan fingerprint density at radius 1 is 1.59 bits per heavy atom. The van der Waals surface area contributed by atoms with E-state index in [0.29, 0.717) is 11.4 Å².